The molecule has 206 valence electrons. The van der Waals surface area contributed by atoms with Gasteiger partial charge in [-0.05, 0) is 59.1 Å². The molecule has 1 atom stereocenters. The van der Waals surface area contributed by atoms with Crippen LogP contribution in [0.5, 0.6) is 0 Å². The molecule has 1 N–H and O–H groups in total. The predicted octanol–water partition coefficient (Wildman–Crippen LogP) is 6.75. The highest BCUT2D eigenvalue weighted by Crippen LogP contribution is 2.24. The van der Waals surface area contributed by atoms with Crippen LogP contribution in [0.4, 0.5) is 4.39 Å². The van der Waals surface area contributed by atoms with Gasteiger partial charge < -0.3 is 10.2 Å². The third kappa shape index (κ3) is 8.26. The zero-order valence-electron chi connectivity index (χ0n) is 23.5. The molecule has 4 nitrogen and oxygen atoms in total. The largest absolute Gasteiger partial charge is 0.352 e. The van der Waals surface area contributed by atoms with Crippen LogP contribution in [0.1, 0.15) is 75.1 Å². The Morgan fingerprint density at radius 2 is 1.49 bits per heavy atom. The third-order valence-corrected chi connectivity index (χ3v) is 7.69. The lowest BCUT2D eigenvalue weighted by molar-refractivity contribution is -0.141. The van der Waals surface area contributed by atoms with Gasteiger partial charge in [-0.3, -0.25) is 9.59 Å². The zero-order valence-corrected chi connectivity index (χ0v) is 23.5. The lowest BCUT2D eigenvalue weighted by Crippen LogP contribution is -2.52. The number of amides is 2. The van der Waals surface area contributed by atoms with E-state index in [1.54, 1.807) is 17.0 Å². The highest BCUT2D eigenvalue weighted by molar-refractivity contribution is 5.88. The van der Waals surface area contributed by atoms with E-state index in [1.807, 2.05) is 30.3 Å². The van der Waals surface area contributed by atoms with Crippen LogP contribution in [-0.4, -0.2) is 28.8 Å². The minimum Gasteiger partial charge on any atom is -0.352 e. The number of hydrogen-bond acceptors (Lipinski definition) is 2. The van der Waals surface area contributed by atoms with Crippen molar-refractivity contribution in [1.82, 2.24) is 10.2 Å². The Balaban J connectivity index is 1.58. The van der Waals surface area contributed by atoms with Crippen molar-refractivity contribution in [2.45, 2.75) is 89.8 Å². The third-order valence-electron chi connectivity index (χ3n) is 7.69. The number of nitrogens with zero attached hydrogens (tertiary/aromatic N) is 1. The molecule has 1 saturated carbocycles. The van der Waals surface area contributed by atoms with E-state index < -0.39 is 6.04 Å². The predicted molar refractivity (Wildman–Crippen MR) is 155 cm³/mol. The lowest BCUT2D eigenvalue weighted by atomic mass is 9.86. The average Bonchev–Trinajstić information content (AvgIpc) is 3.43. The molecule has 1 aliphatic carbocycles. The molecule has 3 aromatic rings. The normalized spacial score (nSPS) is 14.7. The van der Waals surface area contributed by atoms with Gasteiger partial charge in [0, 0.05) is 25.4 Å². The van der Waals surface area contributed by atoms with Crippen molar-refractivity contribution in [3.63, 3.8) is 0 Å². The summed E-state index contributed by atoms with van der Waals surface area (Å²) in [5.41, 5.74) is 4.21. The van der Waals surface area contributed by atoms with Crippen molar-refractivity contribution in [1.29, 1.82) is 0 Å². The van der Waals surface area contributed by atoms with Gasteiger partial charge in [0.2, 0.25) is 11.8 Å². The molecular formula is C34H41FN2O2. The van der Waals surface area contributed by atoms with Crippen LogP contribution >= 0.6 is 0 Å². The molecule has 0 heterocycles. The first-order chi connectivity index (χ1) is 18.7. The van der Waals surface area contributed by atoms with Gasteiger partial charge in [0.25, 0.3) is 0 Å². The van der Waals surface area contributed by atoms with Gasteiger partial charge in [-0.1, -0.05) is 100 Å². The Hall–Kier alpha value is -3.47. The van der Waals surface area contributed by atoms with E-state index in [4.69, 9.17) is 0 Å². The molecule has 1 aliphatic rings. The van der Waals surface area contributed by atoms with Crippen molar-refractivity contribution >= 4 is 11.8 Å². The number of nitrogens with one attached hydrogen (secondary N) is 1. The van der Waals surface area contributed by atoms with Gasteiger partial charge in [0.05, 0.1) is 0 Å². The van der Waals surface area contributed by atoms with Crippen LogP contribution in [-0.2, 0) is 34.4 Å². The quantitative estimate of drug-likeness (QED) is 0.316. The van der Waals surface area contributed by atoms with Crippen LogP contribution in [0.3, 0.4) is 0 Å². The maximum atomic E-state index is 13.9. The number of carbonyl (C=O) groups is 2. The van der Waals surface area contributed by atoms with E-state index in [9.17, 15) is 14.0 Å². The minimum absolute atomic E-state index is 0.0671. The summed E-state index contributed by atoms with van der Waals surface area (Å²) in [6, 6.07) is 24.0. The topological polar surface area (TPSA) is 49.4 Å². The molecule has 1 fully saturated rings. The average molecular weight is 529 g/mol. The number of carbonyl (C=O) groups excluding carboxylic acids is 2. The Kier molecular flexibility index (Phi) is 9.55. The van der Waals surface area contributed by atoms with Crippen LogP contribution in [0.2, 0.25) is 0 Å². The van der Waals surface area contributed by atoms with Crippen LogP contribution < -0.4 is 5.32 Å². The first-order valence-corrected chi connectivity index (χ1v) is 14.2. The molecule has 5 heteroatoms. The second kappa shape index (κ2) is 13.1. The number of halogens is 1. The standard InChI is InChI=1S/C34H41FN2O2/c1-34(2,3)28-18-13-25(14-19-28)17-22-32(38)37(24-27-15-20-29(35)21-16-27)31(23-26-9-5-4-6-10-26)33(39)36-30-11-7-8-12-30/h4-6,9-10,13-16,18-21,30-31H,7-8,11-12,17,22-24H2,1-3H3,(H,36,39). The fourth-order valence-corrected chi connectivity index (χ4v) is 5.27. The summed E-state index contributed by atoms with van der Waals surface area (Å²) in [5.74, 6) is -0.521. The summed E-state index contributed by atoms with van der Waals surface area (Å²) in [4.78, 5) is 29.3. The van der Waals surface area contributed by atoms with Gasteiger partial charge >= 0.3 is 0 Å². The Morgan fingerprint density at radius 3 is 2.10 bits per heavy atom. The summed E-state index contributed by atoms with van der Waals surface area (Å²) in [7, 11) is 0. The molecule has 39 heavy (non-hydrogen) atoms. The number of rotatable bonds is 10. The van der Waals surface area contributed by atoms with Gasteiger partial charge in [-0.25, -0.2) is 4.39 Å². The molecule has 1 unspecified atom stereocenters. The van der Waals surface area contributed by atoms with Crippen molar-refractivity contribution in [2.24, 2.45) is 0 Å². The van der Waals surface area contributed by atoms with Gasteiger partial charge in [0.15, 0.2) is 0 Å². The van der Waals surface area contributed by atoms with Gasteiger partial charge in [-0.2, -0.15) is 0 Å². The number of aryl methyl sites for hydroxylation is 1. The van der Waals surface area contributed by atoms with E-state index in [1.165, 1.54) is 17.7 Å². The Labute approximate surface area is 232 Å². The molecule has 0 saturated heterocycles. The zero-order chi connectivity index (χ0) is 27.8. The molecule has 0 aliphatic heterocycles. The number of benzene rings is 3. The first kappa shape index (κ1) is 28.5. The monoisotopic (exact) mass is 528 g/mol. The molecule has 0 aromatic heterocycles. The van der Waals surface area contributed by atoms with Crippen LogP contribution in [0.25, 0.3) is 0 Å². The molecule has 0 spiro atoms. The van der Waals surface area contributed by atoms with E-state index in [-0.39, 0.29) is 42.1 Å². The van der Waals surface area contributed by atoms with Gasteiger partial charge in [-0.15, -0.1) is 0 Å². The maximum absolute atomic E-state index is 13.9. The van der Waals surface area contributed by atoms with Crippen LogP contribution in [0.15, 0.2) is 78.9 Å². The van der Waals surface area contributed by atoms with E-state index in [0.717, 1.165) is 42.4 Å². The van der Waals surface area contributed by atoms with Crippen molar-refractivity contribution in [3.05, 3.63) is 107 Å². The van der Waals surface area contributed by atoms with E-state index in [0.29, 0.717) is 12.8 Å². The first-order valence-electron chi connectivity index (χ1n) is 14.2. The molecule has 2 amide bonds. The summed E-state index contributed by atoms with van der Waals surface area (Å²) < 4.78 is 13.7. The highest BCUT2D eigenvalue weighted by atomic mass is 19.1. The minimum atomic E-state index is -0.659. The van der Waals surface area contributed by atoms with Gasteiger partial charge in [0.1, 0.15) is 11.9 Å². The molecule has 0 radical (unpaired) electrons. The summed E-state index contributed by atoms with van der Waals surface area (Å²) >= 11 is 0. The molecule has 0 bridgehead atoms. The summed E-state index contributed by atoms with van der Waals surface area (Å²) in [6.45, 7) is 6.80. The van der Waals surface area contributed by atoms with Crippen LogP contribution in [0, 0.1) is 5.82 Å². The van der Waals surface area contributed by atoms with E-state index in [2.05, 4.69) is 50.4 Å². The van der Waals surface area contributed by atoms with Crippen molar-refractivity contribution in [2.75, 3.05) is 0 Å². The summed E-state index contributed by atoms with van der Waals surface area (Å²) in [5, 5.41) is 3.23. The maximum Gasteiger partial charge on any atom is 0.243 e. The number of hydrogen-bond donors (Lipinski definition) is 1. The SMILES string of the molecule is CC(C)(C)c1ccc(CCC(=O)N(Cc2ccc(F)cc2)C(Cc2ccccc2)C(=O)NC2CCCC2)cc1. The second-order valence-electron chi connectivity index (χ2n) is 11.8. The molecule has 3 aromatic carbocycles. The van der Waals surface area contributed by atoms with E-state index >= 15 is 0 Å². The second-order valence-corrected chi connectivity index (χ2v) is 11.8. The highest BCUT2D eigenvalue weighted by Gasteiger charge is 2.32. The Bertz CT molecular complexity index is 1210. The fraction of sp³-hybridized carbons (Fsp3) is 0.412. The molecule has 4 rings (SSSR count). The Morgan fingerprint density at radius 1 is 0.872 bits per heavy atom. The lowest BCUT2D eigenvalue weighted by Gasteiger charge is -2.32. The molecular weight excluding hydrogens is 487 g/mol. The van der Waals surface area contributed by atoms with Crippen molar-refractivity contribution in [3.8, 4) is 0 Å². The van der Waals surface area contributed by atoms with Crippen molar-refractivity contribution < 1.29 is 14.0 Å². The smallest absolute Gasteiger partial charge is 0.243 e. The summed E-state index contributed by atoms with van der Waals surface area (Å²) in [6.07, 6.45) is 5.47. The fourth-order valence-electron chi connectivity index (χ4n) is 5.27.